The van der Waals surface area contributed by atoms with Crippen LogP contribution in [-0.4, -0.2) is 53.3 Å². The van der Waals surface area contributed by atoms with Crippen molar-refractivity contribution >= 4 is 11.8 Å². The van der Waals surface area contributed by atoms with Gasteiger partial charge in [0, 0.05) is 38.4 Å². The quantitative estimate of drug-likeness (QED) is 0.835. The van der Waals surface area contributed by atoms with E-state index in [0.717, 1.165) is 38.8 Å². The van der Waals surface area contributed by atoms with Gasteiger partial charge >= 0.3 is 0 Å². The Hall–Kier alpha value is -1.91. The molecule has 1 aromatic rings. The van der Waals surface area contributed by atoms with Crippen molar-refractivity contribution in [2.24, 2.45) is 0 Å². The number of unbranched alkanes of at least 4 members (excludes halogenated alkanes) is 1. The molecule has 0 aliphatic carbocycles. The van der Waals surface area contributed by atoms with Crippen LogP contribution in [0.25, 0.3) is 0 Å². The van der Waals surface area contributed by atoms with Crippen molar-refractivity contribution in [3.05, 3.63) is 29.6 Å². The zero-order valence-electron chi connectivity index (χ0n) is 12.8. The third kappa shape index (κ3) is 3.80. The van der Waals surface area contributed by atoms with Gasteiger partial charge in [-0.3, -0.25) is 14.6 Å². The lowest BCUT2D eigenvalue weighted by Crippen LogP contribution is -2.30. The van der Waals surface area contributed by atoms with Crippen molar-refractivity contribution in [3.63, 3.8) is 0 Å². The highest BCUT2D eigenvalue weighted by molar-refractivity contribution is 5.98. The number of carbonyl (C=O) groups excluding carboxylic acids is 2. The van der Waals surface area contributed by atoms with E-state index in [4.69, 9.17) is 0 Å². The molecule has 1 aromatic heterocycles. The fourth-order valence-electron chi connectivity index (χ4n) is 2.48. The van der Waals surface area contributed by atoms with Crippen LogP contribution in [0.15, 0.2) is 18.3 Å². The molecule has 1 saturated heterocycles. The molecule has 0 atom stereocenters. The third-order valence-corrected chi connectivity index (χ3v) is 3.81. The van der Waals surface area contributed by atoms with E-state index in [-0.39, 0.29) is 11.8 Å². The Bertz CT molecular complexity index is 510. The maximum Gasteiger partial charge on any atom is 0.272 e. The summed E-state index contributed by atoms with van der Waals surface area (Å²) in [7, 11) is 1.77. The molecule has 2 heterocycles. The molecule has 5 heteroatoms. The maximum atomic E-state index is 12.3. The van der Waals surface area contributed by atoms with Crippen LogP contribution >= 0.6 is 0 Å². The molecule has 0 aromatic carbocycles. The summed E-state index contributed by atoms with van der Waals surface area (Å²) in [6.45, 7) is 4.41. The molecule has 1 aliphatic heterocycles. The Balaban J connectivity index is 2.09. The van der Waals surface area contributed by atoms with E-state index in [1.54, 1.807) is 30.3 Å². The standard InChI is InChI=1S/C16H23N3O2/c1-3-4-9-18(2)16(21)14-12-13(7-8-17-14)15(20)19-10-5-6-11-19/h7-8,12H,3-6,9-11H2,1-2H3. The van der Waals surface area contributed by atoms with Crippen molar-refractivity contribution < 1.29 is 9.59 Å². The van der Waals surface area contributed by atoms with Gasteiger partial charge in [0.2, 0.25) is 0 Å². The van der Waals surface area contributed by atoms with Gasteiger partial charge in [-0.15, -0.1) is 0 Å². The highest BCUT2D eigenvalue weighted by atomic mass is 16.2. The molecule has 0 saturated carbocycles. The van der Waals surface area contributed by atoms with Gasteiger partial charge in [-0.2, -0.15) is 0 Å². The van der Waals surface area contributed by atoms with Crippen LogP contribution in [0.3, 0.4) is 0 Å². The molecule has 0 N–H and O–H groups in total. The first-order chi connectivity index (χ1) is 10.1. The summed E-state index contributed by atoms with van der Waals surface area (Å²) in [4.78, 5) is 32.2. The summed E-state index contributed by atoms with van der Waals surface area (Å²) in [6.07, 6.45) is 5.67. The molecule has 0 unspecified atom stereocenters. The van der Waals surface area contributed by atoms with Crippen molar-refractivity contribution in [1.82, 2.24) is 14.8 Å². The first-order valence-corrected chi connectivity index (χ1v) is 7.64. The second-order valence-corrected chi connectivity index (χ2v) is 5.51. The van der Waals surface area contributed by atoms with Gasteiger partial charge in [-0.1, -0.05) is 13.3 Å². The summed E-state index contributed by atoms with van der Waals surface area (Å²) in [5, 5.41) is 0. The normalized spacial score (nSPS) is 14.3. The Morgan fingerprint density at radius 2 is 2.05 bits per heavy atom. The third-order valence-electron chi connectivity index (χ3n) is 3.81. The number of likely N-dealkylation sites (tertiary alicyclic amines) is 1. The van der Waals surface area contributed by atoms with Crippen LogP contribution in [0.1, 0.15) is 53.5 Å². The first-order valence-electron chi connectivity index (χ1n) is 7.64. The van der Waals surface area contributed by atoms with Crippen LogP contribution < -0.4 is 0 Å². The van der Waals surface area contributed by atoms with E-state index in [1.807, 2.05) is 4.90 Å². The number of carbonyl (C=O) groups is 2. The van der Waals surface area contributed by atoms with E-state index in [1.165, 1.54) is 0 Å². The number of aromatic nitrogens is 1. The Morgan fingerprint density at radius 3 is 2.71 bits per heavy atom. The van der Waals surface area contributed by atoms with Crippen LogP contribution in [-0.2, 0) is 0 Å². The molecule has 114 valence electrons. The van der Waals surface area contributed by atoms with Gasteiger partial charge in [0.15, 0.2) is 0 Å². The van der Waals surface area contributed by atoms with Gasteiger partial charge < -0.3 is 9.80 Å². The lowest BCUT2D eigenvalue weighted by atomic mass is 10.2. The average Bonchev–Trinajstić information content (AvgIpc) is 3.05. The molecule has 5 nitrogen and oxygen atoms in total. The lowest BCUT2D eigenvalue weighted by molar-refractivity contribution is 0.0786. The molecular formula is C16H23N3O2. The summed E-state index contributed by atoms with van der Waals surface area (Å²) in [5.74, 6) is -0.125. The molecular weight excluding hydrogens is 266 g/mol. The van der Waals surface area contributed by atoms with E-state index in [0.29, 0.717) is 17.8 Å². The van der Waals surface area contributed by atoms with Crippen LogP contribution in [0, 0.1) is 0 Å². The fraction of sp³-hybridized carbons (Fsp3) is 0.562. The first kappa shape index (κ1) is 15.5. The van der Waals surface area contributed by atoms with E-state index >= 15 is 0 Å². The topological polar surface area (TPSA) is 53.5 Å². The second-order valence-electron chi connectivity index (χ2n) is 5.51. The largest absolute Gasteiger partial charge is 0.340 e. The van der Waals surface area contributed by atoms with Gasteiger partial charge in [-0.25, -0.2) is 0 Å². The molecule has 0 bridgehead atoms. The summed E-state index contributed by atoms with van der Waals surface area (Å²) in [6, 6.07) is 3.30. The number of amides is 2. The zero-order valence-corrected chi connectivity index (χ0v) is 12.8. The van der Waals surface area contributed by atoms with Crippen molar-refractivity contribution in [1.29, 1.82) is 0 Å². The van der Waals surface area contributed by atoms with E-state index in [9.17, 15) is 9.59 Å². The van der Waals surface area contributed by atoms with Gasteiger partial charge in [0.25, 0.3) is 11.8 Å². The number of pyridine rings is 1. The minimum absolute atomic E-state index is 0.000149. The second kappa shape index (κ2) is 7.20. The van der Waals surface area contributed by atoms with Crippen molar-refractivity contribution in [2.45, 2.75) is 32.6 Å². The molecule has 2 amide bonds. The number of hydrogen-bond acceptors (Lipinski definition) is 3. The minimum atomic E-state index is -0.125. The van der Waals surface area contributed by atoms with E-state index in [2.05, 4.69) is 11.9 Å². The van der Waals surface area contributed by atoms with Gasteiger partial charge in [0.05, 0.1) is 0 Å². The fourth-order valence-corrected chi connectivity index (χ4v) is 2.48. The molecule has 1 aliphatic rings. The number of rotatable bonds is 5. The predicted molar refractivity (Wildman–Crippen MR) is 81.2 cm³/mol. The Morgan fingerprint density at radius 1 is 1.33 bits per heavy atom. The van der Waals surface area contributed by atoms with Crippen molar-refractivity contribution in [2.75, 3.05) is 26.7 Å². The maximum absolute atomic E-state index is 12.3. The van der Waals surface area contributed by atoms with Gasteiger partial charge in [0.1, 0.15) is 5.69 Å². The SMILES string of the molecule is CCCCN(C)C(=O)c1cc(C(=O)N2CCCC2)ccn1. The predicted octanol–water partition coefficient (Wildman–Crippen LogP) is 2.19. The molecule has 2 rings (SSSR count). The van der Waals surface area contributed by atoms with Gasteiger partial charge in [-0.05, 0) is 31.4 Å². The number of nitrogens with zero attached hydrogens (tertiary/aromatic N) is 3. The van der Waals surface area contributed by atoms with Crippen molar-refractivity contribution in [3.8, 4) is 0 Å². The summed E-state index contributed by atoms with van der Waals surface area (Å²) < 4.78 is 0. The molecule has 21 heavy (non-hydrogen) atoms. The van der Waals surface area contributed by atoms with E-state index < -0.39 is 0 Å². The molecule has 1 fully saturated rings. The lowest BCUT2D eigenvalue weighted by Gasteiger charge is -2.18. The Kier molecular flexibility index (Phi) is 5.31. The molecule has 0 spiro atoms. The van der Waals surface area contributed by atoms with Crippen LogP contribution in [0.2, 0.25) is 0 Å². The summed E-state index contributed by atoms with van der Waals surface area (Å²) in [5.41, 5.74) is 0.901. The molecule has 0 radical (unpaired) electrons. The minimum Gasteiger partial charge on any atom is -0.340 e. The highest BCUT2D eigenvalue weighted by Gasteiger charge is 2.21. The summed E-state index contributed by atoms with van der Waals surface area (Å²) >= 11 is 0. The zero-order chi connectivity index (χ0) is 15.2. The Labute approximate surface area is 126 Å². The monoisotopic (exact) mass is 289 g/mol. The number of hydrogen-bond donors (Lipinski definition) is 0. The highest BCUT2D eigenvalue weighted by Crippen LogP contribution is 2.13. The smallest absolute Gasteiger partial charge is 0.272 e. The van der Waals surface area contributed by atoms with Crippen LogP contribution in [0.4, 0.5) is 0 Å². The average molecular weight is 289 g/mol. The van der Waals surface area contributed by atoms with Crippen LogP contribution in [0.5, 0.6) is 0 Å².